The van der Waals surface area contributed by atoms with Gasteiger partial charge in [-0.3, -0.25) is 9.59 Å². The van der Waals surface area contributed by atoms with Crippen molar-refractivity contribution in [1.82, 2.24) is 9.80 Å². The van der Waals surface area contributed by atoms with Crippen molar-refractivity contribution in [2.45, 2.75) is 26.0 Å². The predicted octanol–water partition coefficient (Wildman–Crippen LogP) is 6.25. The first-order chi connectivity index (χ1) is 18.2. The van der Waals surface area contributed by atoms with Crippen LogP contribution in [0.2, 0.25) is 10.0 Å². The number of hydrogen-bond donors (Lipinski definition) is 1. The zero-order valence-electron chi connectivity index (χ0n) is 21.6. The Morgan fingerprint density at radius 3 is 2.42 bits per heavy atom. The SMILES string of the molecule is Cc1cc(C(O)=C2C(=O)C(=O)N(CCCN(C)C)[C@@H]2c2ccc(Cl)cc2Cl)ccc1OCc1ccccc1. The smallest absolute Gasteiger partial charge is 0.295 e. The third kappa shape index (κ3) is 6.04. The maximum Gasteiger partial charge on any atom is 0.295 e. The number of aliphatic hydroxyl groups excluding tert-OH is 1. The highest BCUT2D eigenvalue weighted by atomic mass is 35.5. The van der Waals surface area contributed by atoms with E-state index >= 15 is 0 Å². The van der Waals surface area contributed by atoms with Gasteiger partial charge in [-0.25, -0.2) is 0 Å². The highest BCUT2D eigenvalue weighted by Crippen LogP contribution is 2.42. The van der Waals surface area contributed by atoms with Crippen LogP contribution in [0.4, 0.5) is 0 Å². The predicted molar refractivity (Wildman–Crippen MR) is 151 cm³/mol. The Kier molecular flexibility index (Phi) is 8.77. The number of benzene rings is 3. The summed E-state index contributed by atoms with van der Waals surface area (Å²) in [7, 11) is 3.88. The van der Waals surface area contributed by atoms with Gasteiger partial charge in [-0.15, -0.1) is 0 Å². The molecule has 4 rings (SSSR count). The van der Waals surface area contributed by atoms with E-state index in [2.05, 4.69) is 0 Å². The summed E-state index contributed by atoms with van der Waals surface area (Å²) < 4.78 is 5.96. The Hall–Kier alpha value is -3.32. The van der Waals surface area contributed by atoms with Crippen LogP contribution in [0.3, 0.4) is 0 Å². The first-order valence-electron chi connectivity index (χ1n) is 12.3. The van der Waals surface area contributed by atoms with E-state index in [-0.39, 0.29) is 11.3 Å². The van der Waals surface area contributed by atoms with Crippen LogP contribution in [-0.2, 0) is 16.2 Å². The van der Waals surface area contributed by atoms with Gasteiger partial charge in [0.2, 0.25) is 0 Å². The first-order valence-corrected chi connectivity index (χ1v) is 13.1. The number of carbonyl (C=O) groups excluding carboxylic acids is 2. The molecule has 0 bridgehead atoms. The number of nitrogens with zero attached hydrogens (tertiary/aromatic N) is 2. The van der Waals surface area contributed by atoms with Crippen molar-refractivity contribution in [2.24, 2.45) is 0 Å². The van der Waals surface area contributed by atoms with Crippen LogP contribution in [0, 0.1) is 6.92 Å². The summed E-state index contributed by atoms with van der Waals surface area (Å²) in [6.45, 7) is 3.33. The molecule has 1 fully saturated rings. The lowest BCUT2D eigenvalue weighted by molar-refractivity contribution is -0.139. The van der Waals surface area contributed by atoms with Crippen LogP contribution in [0.15, 0.2) is 72.3 Å². The summed E-state index contributed by atoms with van der Waals surface area (Å²) >= 11 is 12.7. The van der Waals surface area contributed by atoms with Gasteiger partial charge in [0.05, 0.1) is 11.6 Å². The van der Waals surface area contributed by atoms with Crippen molar-refractivity contribution in [3.63, 3.8) is 0 Å². The van der Waals surface area contributed by atoms with Gasteiger partial charge in [0.25, 0.3) is 11.7 Å². The Bertz CT molecular complexity index is 1370. The van der Waals surface area contributed by atoms with Crippen LogP contribution in [0.25, 0.3) is 5.76 Å². The fourth-order valence-corrected chi connectivity index (χ4v) is 5.08. The van der Waals surface area contributed by atoms with E-state index in [1.165, 1.54) is 4.90 Å². The second kappa shape index (κ2) is 12.0. The Labute approximate surface area is 233 Å². The zero-order valence-corrected chi connectivity index (χ0v) is 23.1. The fourth-order valence-electron chi connectivity index (χ4n) is 4.56. The van der Waals surface area contributed by atoms with Gasteiger partial charge in [-0.1, -0.05) is 59.6 Å². The average molecular weight is 553 g/mol. The van der Waals surface area contributed by atoms with Crippen molar-refractivity contribution >= 4 is 40.7 Å². The number of Topliss-reactive ketones (excluding diaryl/α,β-unsaturated/α-hetero) is 1. The van der Waals surface area contributed by atoms with Gasteiger partial charge in [0, 0.05) is 22.2 Å². The molecule has 1 amide bonds. The Morgan fingerprint density at radius 2 is 1.76 bits per heavy atom. The highest BCUT2D eigenvalue weighted by molar-refractivity contribution is 6.47. The number of halogens is 2. The quantitative estimate of drug-likeness (QED) is 0.193. The highest BCUT2D eigenvalue weighted by Gasteiger charge is 2.46. The van der Waals surface area contributed by atoms with Gasteiger partial charge >= 0.3 is 0 Å². The minimum atomic E-state index is -0.837. The molecule has 0 radical (unpaired) electrons. The number of amides is 1. The van der Waals surface area contributed by atoms with Gasteiger partial charge in [-0.2, -0.15) is 0 Å². The van der Waals surface area contributed by atoms with Gasteiger partial charge in [0.1, 0.15) is 18.1 Å². The molecule has 1 heterocycles. The maximum absolute atomic E-state index is 13.3. The van der Waals surface area contributed by atoms with Crippen molar-refractivity contribution in [3.05, 3.63) is 105 Å². The van der Waals surface area contributed by atoms with Crippen LogP contribution in [0.1, 0.15) is 34.7 Å². The molecule has 1 aliphatic rings. The molecule has 198 valence electrons. The number of hydrogen-bond acceptors (Lipinski definition) is 5. The molecule has 0 aliphatic carbocycles. The van der Waals surface area contributed by atoms with Crippen LogP contribution < -0.4 is 4.74 Å². The van der Waals surface area contributed by atoms with Crippen LogP contribution in [0.5, 0.6) is 5.75 Å². The van der Waals surface area contributed by atoms with Crippen molar-refractivity contribution < 1.29 is 19.4 Å². The monoisotopic (exact) mass is 552 g/mol. The molecule has 3 aromatic carbocycles. The van der Waals surface area contributed by atoms with E-state index in [1.807, 2.05) is 56.3 Å². The van der Waals surface area contributed by atoms with E-state index in [0.29, 0.717) is 46.5 Å². The molecule has 3 aromatic rings. The summed E-state index contributed by atoms with van der Waals surface area (Å²) in [6.07, 6.45) is 0.647. The van der Waals surface area contributed by atoms with E-state index in [0.717, 1.165) is 17.7 Å². The molecule has 8 heteroatoms. The third-order valence-corrected chi connectivity index (χ3v) is 7.05. The van der Waals surface area contributed by atoms with Crippen LogP contribution in [-0.4, -0.2) is 53.8 Å². The number of likely N-dealkylation sites (tertiary alicyclic amines) is 1. The number of aliphatic hydroxyl groups is 1. The number of carbonyl (C=O) groups is 2. The Balaban J connectivity index is 1.71. The number of rotatable bonds is 9. The largest absolute Gasteiger partial charge is 0.507 e. The maximum atomic E-state index is 13.3. The third-order valence-electron chi connectivity index (χ3n) is 6.49. The van der Waals surface area contributed by atoms with Crippen molar-refractivity contribution in [1.29, 1.82) is 0 Å². The molecular formula is C30H30Cl2N2O4. The van der Waals surface area contributed by atoms with E-state index < -0.39 is 17.7 Å². The first kappa shape index (κ1) is 27.7. The summed E-state index contributed by atoms with van der Waals surface area (Å²) in [4.78, 5) is 29.9. The lowest BCUT2D eigenvalue weighted by Crippen LogP contribution is -2.32. The molecule has 1 aliphatic heterocycles. The molecule has 0 aromatic heterocycles. The zero-order chi connectivity index (χ0) is 27.4. The molecular weight excluding hydrogens is 523 g/mol. The molecule has 1 N–H and O–H groups in total. The van der Waals surface area contributed by atoms with Gasteiger partial charge < -0.3 is 19.6 Å². The van der Waals surface area contributed by atoms with Gasteiger partial charge in [0.15, 0.2) is 0 Å². The van der Waals surface area contributed by atoms with Crippen LogP contribution >= 0.6 is 23.2 Å². The van der Waals surface area contributed by atoms with E-state index in [1.54, 1.807) is 36.4 Å². The summed E-state index contributed by atoms with van der Waals surface area (Å²) in [6, 6.07) is 19.1. The molecule has 38 heavy (non-hydrogen) atoms. The second-order valence-corrected chi connectivity index (χ2v) is 10.4. The molecule has 6 nitrogen and oxygen atoms in total. The summed E-state index contributed by atoms with van der Waals surface area (Å²) in [5.74, 6) is -1.01. The second-order valence-electron chi connectivity index (χ2n) is 9.57. The molecule has 0 saturated carbocycles. The number of ether oxygens (including phenoxy) is 1. The average Bonchev–Trinajstić information content (AvgIpc) is 3.13. The van der Waals surface area contributed by atoms with E-state index in [9.17, 15) is 14.7 Å². The number of aryl methyl sites for hydroxylation is 1. The minimum Gasteiger partial charge on any atom is -0.507 e. The standard InChI is InChI=1S/C30H30Cl2N2O4/c1-19-16-21(10-13-25(19)38-18-20-8-5-4-6-9-20)28(35)26-27(23-12-11-22(31)17-24(23)32)34(30(37)29(26)36)15-7-14-33(2)3/h4-6,8-13,16-17,27,35H,7,14-15,18H2,1-3H3/t27-/m1/s1. The van der Waals surface area contributed by atoms with Gasteiger partial charge in [-0.05, 0) is 81.0 Å². The van der Waals surface area contributed by atoms with Crippen molar-refractivity contribution in [2.75, 3.05) is 27.2 Å². The molecule has 0 unspecified atom stereocenters. The topological polar surface area (TPSA) is 70.1 Å². The lowest BCUT2D eigenvalue weighted by Gasteiger charge is -2.26. The molecule has 1 saturated heterocycles. The minimum absolute atomic E-state index is 0.00132. The Morgan fingerprint density at radius 1 is 1.03 bits per heavy atom. The normalized spacial score (nSPS) is 16.9. The number of ketones is 1. The molecule has 1 atom stereocenters. The van der Waals surface area contributed by atoms with E-state index in [4.69, 9.17) is 27.9 Å². The molecule has 0 spiro atoms. The lowest BCUT2D eigenvalue weighted by atomic mass is 9.94. The van der Waals surface area contributed by atoms with Crippen molar-refractivity contribution in [3.8, 4) is 5.75 Å². The summed E-state index contributed by atoms with van der Waals surface area (Å²) in [5, 5.41) is 12.2. The fraction of sp³-hybridized carbons (Fsp3) is 0.267. The summed E-state index contributed by atoms with van der Waals surface area (Å²) in [5.41, 5.74) is 2.76.